The summed E-state index contributed by atoms with van der Waals surface area (Å²) in [5, 5.41) is 3.79. The summed E-state index contributed by atoms with van der Waals surface area (Å²) in [5.74, 6) is -2.01. The SMILES string of the molecule is O=C1C(=O)N(Cc2nnsc2Cl)c2ccc(F)cc21. The molecule has 0 fully saturated rings. The molecular formula is C11H5ClFN3O2S. The van der Waals surface area contributed by atoms with Crippen molar-refractivity contribution < 1.29 is 14.0 Å². The highest BCUT2D eigenvalue weighted by Gasteiger charge is 2.36. The van der Waals surface area contributed by atoms with Gasteiger partial charge in [-0.1, -0.05) is 16.1 Å². The van der Waals surface area contributed by atoms with Crippen LogP contribution < -0.4 is 4.90 Å². The maximum atomic E-state index is 13.1. The van der Waals surface area contributed by atoms with E-state index in [1.165, 1.54) is 17.0 Å². The molecule has 0 saturated heterocycles. The molecule has 0 saturated carbocycles. The Bertz CT molecular complexity index is 703. The topological polar surface area (TPSA) is 63.2 Å². The minimum absolute atomic E-state index is 0.0402. The van der Waals surface area contributed by atoms with Gasteiger partial charge in [0.2, 0.25) is 0 Å². The zero-order chi connectivity index (χ0) is 13.6. The predicted octanol–water partition coefficient (Wildman–Crippen LogP) is 2.06. The van der Waals surface area contributed by atoms with Crippen molar-refractivity contribution in [3.63, 3.8) is 0 Å². The summed E-state index contributed by atoms with van der Waals surface area (Å²) in [6.07, 6.45) is 0. The number of hydrogen-bond donors (Lipinski definition) is 0. The van der Waals surface area contributed by atoms with Gasteiger partial charge in [0.25, 0.3) is 11.7 Å². The van der Waals surface area contributed by atoms with Crippen molar-refractivity contribution >= 4 is 40.5 Å². The Morgan fingerprint density at radius 3 is 2.84 bits per heavy atom. The number of carbonyl (C=O) groups excluding carboxylic acids is 2. The van der Waals surface area contributed by atoms with E-state index in [1.54, 1.807) is 0 Å². The fourth-order valence-electron chi connectivity index (χ4n) is 1.87. The molecule has 0 aliphatic carbocycles. The molecule has 1 aromatic carbocycles. The van der Waals surface area contributed by atoms with Crippen LogP contribution in [0, 0.1) is 5.82 Å². The number of fused-ring (bicyclic) bond motifs is 1. The fraction of sp³-hybridized carbons (Fsp3) is 0.0909. The molecule has 0 radical (unpaired) electrons. The first-order valence-electron chi connectivity index (χ1n) is 5.20. The van der Waals surface area contributed by atoms with Crippen molar-refractivity contribution in [1.82, 2.24) is 9.59 Å². The minimum atomic E-state index is -0.728. The zero-order valence-corrected chi connectivity index (χ0v) is 10.8. The van der Waals surface area contributed by atoms with Gasteiger partial charge < -0.3 is 0 Å². The van der Waals surface area contributed by atoms with E-state index >= 15 is 0 Å². The molecule has 1 amide bonds. The van der Waals surface area contributed by atoms with E-state index < -0.39 is 17.5 Å². The van der Waals surface area contributed by atoms with Gasteiger partial charge in [0.1, 0.15) is 15.8 Å². The molecule has 2 heterocycles. The molecule has 96 valence electrons. The van der Waals surface area contributed by atoms with Gasteiger partial charge in [-0.25, -0.2) is 4.39 Å². The minimum Gasteiger partial charge on any atom is -0.299 e. The lowest BCUT2D eigenvalue weighted by molar-refractivity contribution is -0.114. The van der Waals surface area contributed by atoms with E-state index in [2.05, 4.69) is 9.59 Å². The largest absolute Gasteiger partial charge is 0.299 e. The highest BCUT2D eigenvalue weighted by molar-refractivity contribution is 7.10. The number of aromatic nitrogens is 2. The lowest BCUT2D eigenvalue weighted by Gasteiger charge is -2.14. The molecule has 0 atom stereocenters. The van der Waals surface area contributed by atoms with Gasteiger partial charge in [0.15, 0.2) is 0 Å². The average Bonchev–Trinajstić information content (AvgIpc) is 2.88. The number of ketones is 1. The smallest absolute Gasteiger partial charge is 0.299 e. The van der Waals surface area contributed by atoms with E-state index in [4.69, 9.17) is 11.6 Å². The second-order valence-electron chi connectivity index (χ2n) is 3.88. The summed E-state index contributed by atoms with van der Waals surface area (Å²) in [7, 11) is 0. The molecule has 0 spiro atoms. The number of halogens is 2. The van der Waals surface area contributed by atoms with Crippen molar-refractivity contribution in [1.29, 1.82) is 0 Å². The number of Topliss-reactive ketones (excluding diaryl/α,β-unsaturated/α-hetero) is 1. The van der Waals surface area contributed by atoms with E-state index in [0.717, 1.165) is 17.6 Å². The Kier molecular flexibility index (Phi) is 2.79. The summed E-state index contributed by atoms with van der Waals surface area (Å²) in [6, 6.07) is 3.64. The van der Waals surface area contributed by atoms with Gasteiger partial charge >= 0.3 is 0 Å². The molecule has 0 bridgehead atoms. The van der Waals surface area contributed by atoms with Gasteiger partial charge in [0, 0.05) is 11.5 Å². The number of benzene rings is 1. The van der Waals surface area contributed by atoms with Crippen molar-refractivity contribution in [2.45, 2.75) is 6.54 Å². The highest BCUT2D eigenvalue weighted by atomic mass is 35.5. The predicted molar refractivity (Wildman–Crippen MR) is 66.8 cm³/mol. The third kappa shape index (κ3) is 1.91. The highest BCUT2D eigenvalue weighted by Crippen LogP contribution is 2.31. The van der Waals surface area contributed by atoms with Crippen LogP contribution in [0.1, 0.15) is 16.1 Å². The Morgan fingerprint density at radius 2 is 2.16 bits per heavy atom. The molecule has 0 unspecified atom stereocenters. The monoisotopic (exact) mass is 297 g/mol. The van der Waals surface area contributed by atoms with Gasteiger partial charge in [-0.05, 0) is 18.2 Å². The van der Waals surface area contributed by atoms with E-state index in [-0.39, 0.29) is 12.1 Å². The van der Waals surface area contributed by atoms with Crippen LogP contribution in [-0.2, 0) is 11.3 Å². The third-order valence-corrected chi connectivity index (χ3v) is 3.74. The summed E-state index contributed by atoms with van der Waals surface area (Å²) < 4.78 is 17.1. The number of carbonyl (C=O) groups is 2. The first kappa shape index (κ1) is 12.2. The van der Waals surface area contributed by atoms with Crippen LogP contribution in [0.25, 0.3) is 0 Å². The van der Waals surface area contributed by atoms with Crippen LogP contribution in [0.15, 0.2) is 18.2 Å². The van der Waals surface area contributed by atoms with Crippen molar-refractivity contribution in [3.05, 3.63) is 39.6 Å². The Hall–Kier alpha value is -1.86. The summed E-state index contributed by atoms with van der Waals surface area (Å²) in [5.41, 5.74) is 0.828. The first-order valence-corrected chi connectivity index (χ1v) is 6.35. The first-order chi connectivity index (χ1) is 9.08. The number of nitrogens with zero attached hydrogens (tertiary/aromatic N) is 3. The molecule has 5 nitrogen and oxygen atoms in total. The molecule has 2 aromatic rings. The van der Waals surface area contributed by atoms with Gasteiger partial charge in [-0.2, -0.15) is 0 Å². The van der Waals surface area contributed by atoms with Gasteiger partial charge in [-0.3, -0.25) is 14.5 Å². The zero-order valence-electron chi connectivity index (χ0n) is 9.26. The van der Waals surface area contributed by atoms with Crippen molar-refractivity contribution in [2.75, 3.05) is 4.90 Å². The molecule has 1 aliphatic rings. The summed E-state index contributed by atoms with van der Waals surface area (Å²) in [6.45, 7) is 0.0402. The normalized spacial score (nSPS) is 14.1. The van der Waals surface area contributed by atoms with E-state index in [1.807, 2.05) is 0 Å². The molecular weight excluding hydrogens is 293 g/mol. The second-order valence-corrected chi connectivity index (χ2v) is 5.23. The Morgan fingerprint density at radius 1 is 1.37 bits per heavy atom. The standard InChI is InChI=1S/C11H5ClFN3O2S/c12-10-7(14-15-19-10)4-16-8-2-1-5(13)3-6(8)9(17)11(16)18/h1-3H,4H2. The van der Waals surface area contributed by atoms with Crippen LogP contribution in [0.4, 0.5) is 10.1 Å². The molecule has 8 heteroatoms. The van der Waals surface area contributed by atoms with E-state index in [9.17, 15) is 14.0 Å². The Labute approximate surface area is 115 Å². The van der Waals surface area contributed by atoms with Crippen LogP contribution in [0.5, 0.6) is 0 Å². The second kappa shape index (κ2) is 4.36. The molecule has 3 rings (SSSR count). The molecule has 1 aromatic heterocycles. The Balaban J connectivity index is 2.02. The molecule has 1 aliphatic heterocycles. The van der Waals surface area contributed by atoms with Crippen molar-refractivity contribution in [2.24, 2.45) is 0 Å². The van der Waals surface area contributed by atoms with Crippen LogP contribution in [0.2, 0.25) is 4.34 Å². The fourth-order valence-corrected chi connectivity index (χ4v) is 2.48. The van der Waals surface area contributed by atoms with Gasteiger partial charge in [-0.15, -0.1) is 5.10 Å². The van der Waals surface area contributed by atoms with Crippen LogP contribution >= 0.6 is 23.1 Å². The number of anilines is 1. The lowest BCUT2D eigenvalue weighted by atomic mass is 10.1. The average molecular weight is 298 g/mol. The quantitative estimate of drug-likeness (QED) is 0.796. The number of amides is 1. The summed E-state index contributed by atoms with van der Waals surface area (Å²) >= 11 is 6.86. The number of rotatable bonds is 2. The number of hydrogen-bond acceptors (Lipinski definition) is 5. The maximum Gasteiger partial charge on any atom is 0.299 e. The van der Waals surface area contributed by atoms with Gasteiger partial charge in [0.05, 0.1) is 17.8 Å². The van der Waals surface area contributed by atoms with E-state index in [0.29, 0.717) is 15.7 Å². The molecule has 0 N–H and O–H groups in total. The van der Waals surface area contributed by atoms with Crippen molar-refractivity contribution in [3.8, 4) is 0 Å². The summed E-state index contributed by atoms with van der Waals surface area (Å²) in [4.78, 5) is 24.8. The maximum absolute atomic E-state index is 13.1. The lowest BCUT2D eigenvalue weighted by Crippen LogP contribution is -2.29. The van der Waals surface area contributed by atoms with Crippen LogP contribution in [-0.4, -0.2) is 21.3 Å². The van der Waals surface area contributed by atoms with Crippen LogP contribution in [0.3, 0.4) is 0 Å². The third-order valence-electron chi connectivity index (χ3n) is 2.75. The molecule has 19 heavy (non-hydrogen) atoms.